The van der Waals surface area contributed by atoms with Crippen LogP contribution in [0.1, 0.15) is 45.1 Å². The summed E-state index contributed by atoms with van der Waals surface area (Å²) in [6, 6.07) is 11.3. The predicted molar refractivity (Wildman–Crippen MR) is 150 cm³/mol. The zero-order valence-corrected chi connectivity index (χ0v) is 22.0. The van der Waals surface area contributed by atoms with Crippen LogP contribution in [0.4, 0.5) is 17.1 Å². The van der Waals surface area contributed by atoms with Gasteiger partial charge in [0.25, 0.3) is 11.2 Å². The molecule has 37 heavy (non-hydrogen) atoms. The molecule has 0 unspecified atom stereocenters. The van der Waals surface area contributed by atoms with E-state index in [0.29, 0.717) is 27.0 Å². The topological polar surface area (TPSA) is 84.0 Å². The van der Waals surface area contributed by atoms with E-state index in [4.69, 9.17) is 0 Å². The number of piperidine rings is 2. The highest BCUT2D eigenvalue weighted by molar-refractivity contribution is 7.15. The van der Waals surface area contributed by atoms with Gasteiger partial charge in [-0.15, -0.1) is 0 Å². The highest BCUT2D eigenvalue weighted by atomic mass is 32.1. The maximum atomic E-state index is 13.4. The highest BCUT2D eigenvalue weighted by Gasteiger charge is 2.28. The van der Waals surface area contributed by atoms with Gasteiger partial charge < -0.3 is 9.80 Å². The van der Waals surface area contributed by atoms with Gasteiger partial charge in [-0.1, -0.05) is 37.3 Å². The van der Waals surface area contributed by atoms with Crippen molar-refractivity contribution in [1.29, 1.82) is 0 Å². The molecule has 0 amide bonds. The molecule has 0 bridgehead atoms. The molecule has 2 aromatic heterocycles. The number of thiazole rings is 1. The number of hydrogen-bond acceptors (Lipinski definition) is 7. The van der Waals surface area contributed by atoms with E-state index in [1.807, 2.05) is 36.4 Å². The molecule has 9 heteroatoms. The van der Waals surface area contributed by atoms with Crippen molar-refractivity contribution in [2.75, 3.05) is 36.0 Å². The Hall–Kier alpha value is -3.46. The number of aromatic nitrogens is 2. The maximum Gasteiger partial charge on any atom is 0.293 e. The van der Waals surface area contributed by atoms with Crippen LogP contribution in [0.5, 0.6) is 0 Å². The SMILES string of the molecule is CC1CCN(c2cc(N3CCC(C)CC3)c([N+](=O)[O-])cc2/C=c2/sc3nc4ccccc4n3c2=O)CC1. The molecule has 2 fully saturated rings. The fraction of sp³-hybridized carbons (Fsp3) is 0.429. The summed E-state index contributed by atoms with van der Waals surface area (Å²) in [6.07, 6.45) is 6.06. The number of nitro groups is 1. The lowest BCUT2D eigenvalue weighted by atomic mass is 9.96. The van der Waals surface area contributed by atoms with E-state index < -0.39 is 0 Å². The summed E-state index contributed by atoms with van der Waals surface area (Å²) in [6.45, 7) is 7.96. The maximum absolute atomic E-state index is 13.4. The van der Waals surface area contributed by atoms with Crippen molar-refractivity contribution in [2.45, 2.75) is 39.5 Å². The third-order valence-electron chi connectivity index (χ3n) is 8.00. The largest absolute Gasteiger partial charge is 0.371 e. The molecule has 0 radical (unpaired) electrons. The van der Waals surface area contributed by atoms with Crippen LogP contribution >= 0.6 is 11.3 Å². The zero-order valence-electron chi connectivity index (χ0n) is 21.2. The van der Waals surface area contributed by atoms with Gasteiger partial charge in [0.05, 0.1) is 20.5 Å². The first-order valence-corrected chi connectivity index (χ1v) is 13.9. The average Bonchev–Trinajstić information content (AvgIpc) is 3.40. The second kappa shape index (κ2) is 9.45. The second-order valence-electron chi connectivity index (χ2n) is 10.6. The molecule has 0 saturated carbocycles. The molecule has 0 aliphatic carbocycles. The van der Waals surface area contributed by atoms with Gasteiger partial charge in [0.2, 0.25) is 0 Å². The summed E-state index contributed by atoms with van der Waals surface area (Å²) in [7, 11) is 0. The van der Waals surface area contributed by atoms with Crippen LogP contribution in [0.3, 0.4) is 0 Å². The van der Waals surface area contributed by atoms with Crippen LogP contribution in [-0.4, -0.2) is 40.5 Å². The third-order valence-corrected chi connectivity index (χ3v) is 8.97. The van der Waals surface area contributed by atoms with Gasteiger partial charge in [-0.2, -0.15) is 0 Å². The van der Waals surface area contributed by atoms with Gasteiger partial charge in [0, 0.05) is 43.5 Å². The smallest absolute Gasteiger partial charge is 0.293 e. The summed E-state index contributed by atoms with van der Waals surface area (Å²) in [5.74, 6) is 1.30. The lowest BCUT2D eigenvalue weighted by Crippen LogP contribution is -2.35. The molecular weight excluding hydrogens is 486 g/mol. The van der Waals surface area contributed by atoms with Crippen LogP contribution < -0.4 is 19.9 Å². The third kappa shape index (κ3) is 4.35. The van der Waals surface area contributed by atoms with Gasteiger partial charge in [-0.05, 0) is 61.8 Å². The molecule has 0 spiro atoms. The number of para-hydroxylation sites is 2. The van der Waals surface area contributed by atoms with E-state index >= 15 is 0 Å². The number of rotatable bonds is 4. The van der Waals surface area contributed by atoms with E-state index in [-0.39, 0.29) is 16.2 Å². The molecule has 2 aromatic carbocycles. The Balaban J connectivity index is 1.52. The number of imidazole rings is 1. The number of anilines is 2. The molecule has 0 atom stereocenters. The first-order chi connectivity index (χ1) is 17.9. The van der Waals surface area contributed by atoms with Crippen molar-refractivity contribution in [3.05, 3.63) is 67.0 Å². The summed E-state index contributed by atoms with van der Waals surface area (Å²) < 4.78 is 2.18. The summed E-state index contributed by atoms with van der Waals surface area (Å²) in [5, 5.41) is 12.3. The fourth-order valence-electron chi connectivity index (χ4n) is 5.62. The summed E-state index contributed by atoms with van der Waals surface area (Å²) >= 11 is 1.33. The van der Waals surface area contributed by atoms with Crippen molar-refractivity contribution in [3.63, 3.8) is 0 Å². The monoisotopic (exact) mass is 517 g/mol. The molecule has 2 aliphatic rings. The molecule has 192 valence electrons. The Morgan fingerprint density at radius 3 is 2.24 bits per heavy atom. The van der Waals surface area contributed by atoms with Crippen molar-refractivity contribution in [1.82, 2.24) is 9.38 Å². The van der Waals surface area contributed by atoms with E-state index in [0.717, 1.165) is 74.1 Å². The average molecular weight is 518 g/mol. The first kappa shape index (κ1) is 23.9. The van der Waals surface area contributed by atoms with Crippen molar-refractivity contribution in [2.24, 2.45) is 11.8 Å². The molecule has 4 aromatic rings. The fourth-order valence-corrected chi connectivity index (χ4v) is 6.60. The minimum absolute atomic E-state index is 0.106. The normalized spacial score (nSPS) is 18.4. The number of fused-ring (bicyclic) bond motifs is 3. The Kier molecular flexibility index (Phi) is 6.10. The zero-order chi connectivity index (χ0) is 25.7. The van der Waals surface area contributed by atoms with Gasteiger partial charge in [0.15, 0.2) is 4.96 Å². The number of benzene rings is 2. The Labute approximate surface area is 219 Å². The Morgan fingerprint density at radius 2 is 1.59 bits per heavy atom. The number of nitro benzene ring substituents is 1. The van der Waals surface area contributed by atoms with Crippen LogP contribution in [-0.2, 0) is 0 Å². The van der Waals surface area contributed by atoms with Gasteiger partial charge in [-0.25, -0.2) is 9.38 Å². The highest BCUT2D eigenvalue weighted by Crippen LogP contribution is 2.39. The van der Waals surface area contributed by atoms with Crippen LogP contribution in [0.15, 0.2) is 41.2 Å². The Bertz CT molecular complexity index is 1590. The van der Waals surface area contributed by atoms with E-state index in [1.54, 1.807) is 10.5 Å². The van der Waals surface area contributed by atoms with Crippen LogP contribution in [0.2, 0.25) is 0 Å². The van der Waals surface area contributed by atoms with E-state index in [9.17, 15) is 14.9 Å². The lowest BCUT2D eigenvalue weighted by molar-refractivity contribution is -0.384. The van der Waals surface area contributed by atoms with E-state index in [1.165, 1.54) is 11.3 Å². The van der Waals surface area contributed by atoms with Crippen molar-refractivity contribution in [3.8, 4) is 0 Å². The van der Waals surface area contributed by atoms with E-state index in [2.05, 4.69) is 28.6 Å². The number of nitrogens with zero attached hydrogens (tertiary/aromatic N) is 5. The number of hydrogen-bond donors (Lipinski definition) is 0. The second-order valence-corrected chi connectivity index (χ2v) is 11.6. The lowest BCUT2D eigenvalue weighted by Gasteiger charge is -2.35. The molecule has 2 saturated heterocycles. The molecular formula is C28H31N5O3S. The molecule has 0 N–H and O–H groups in total. The molecule has 2 aliphatic heterocycles. The van der Waals surface area contributed by atoms with Gasteiger partial charge in [0.1, 0.15) is 5.69 Å². The Morgan fingerprint density at radius 1 is 0.973 bits per heavy atom. The van der Waals surface area contributed by atoms with Crippen molar-refractivity contribution >= 4 is 50.5 Å². The van der Waals surface area contributed by atoms with Crippen LogP contribution in [0, 0.1) is 22.0 Å². The van der Waals surface area contributed by atoms with Gasteiger partial charge >= 0.3 is 0 Å². The molecule has 8 nitrogen and oxygen atoms in total. The summed E-state index contributed by atoms with van der Waals surface area (Å²) in [5.41, 5.74) is 3.93. The first-order valence-electron chi connectivity index (χ1n) is 13.1. The minimum atomic E-state index is -0.278. The quantitative estimate of drug-likeness (QED) is 0.285. The minimum Gasteiger partial charge on any atom is -0.371 e. The van der Waals surface area contributed by atoms with Crippen molar-refractivity contribution < 1.29 is 4.92 Å². The molecule has 4 heterocycles. The standard InChI is InChI=1S/C28H31N5O3S/c1-18-7-11-30(12-8-18)23-17-24(31-13-9-19(2)10-14-31)25(33(35)36)15-20(23)16-26-27(34)32-22-6-4-3-5-21(22)29-28(32)37-26/h3-6,15-19H,7-14H2,1-2H3/b26-16+. The molecule has 6 rings (SSSR count). The van der Waals surface area contributed by atoms with Crippen LogP contribution in [0.25, 0.3) is 22.1 Å². The summed E-state index contributed by atoms with van der Waals surface area (Å²) in [4.78, 5) is 35.2. The van der Waals surface area contributed by atoms with Gasteiger partial charge in [-0.3, -0.25) is 14.9 Å². The predicted octanol–water partition coefficient (Wildman–Crippen LogP) is 4.84.